The van der Waals surface area contributed by atoms with Gasteiger partial charge in [-0.05, 0) is 146 Å². The molecular weight excluding hydrogens is 749 g/mol. The molecule has 2 heteroatoms. The van der Waals surface area contributed by atoms with Crippen molar-refractivity contribution in [2.45, 2.75) is 38.5 Å². The first kappa shape index (κ1) is 37.6. The van der Waals surface area contributed by atoms with Crippen LogP contribution in [0.4, 0.5) is 34.1 Å². The zero-order valence-electron chi connectivity index (χ0n) is 35.7. The van der Waals surface area contributed by atoms with E-state index in [1.807, 2.05) is 0 Å². The van der Waals surface area contributed by atoms with Gasteiger partial charge in [-0.15, -0.1) is 0 Å². The van der Waals surface area contributed by atoms with Crippen molar-refractivity contribution in [1.82, 2.24) is 0 Å². The molecule has 0 fully saturated rings. The molecule has 0 heterocycles. The van der Waals surface area contributed by atoms with Crippen LogP contribution in [0.3, 0.4) is 0 Å². The smallest absolute Gasteiger partial charge is 0.0465 e. The molecule has 0 radical (unpaired) electrons. The molecule has 2 aliphatic rings. The van der Waals surface area contributed by atoms with Crippen LogP contribution in [0.2, 0.25) is 0 Å². The molecule has 0 saturated heterocycles. The first-order valence-corrected chi connectivity index (χ1v) is 21.8. The second-order valence-electron chi connectivity index (χ2n) is 17.8. The molecule has 9 aromatic carbocycles. The number of anilines is 6. The highest BCUT2D eigenvalue weighted by molar-refractivity contribution is 5.88. The van der Waals surface area contributed by atoms with Crippen LogP contribution in [0.1, 0.15) is 49.9 Å². The lowest BCUT2D eigenvalue weighted by molar-refractivity contribution is 0.660. The van der Waals surface area contributed by atoms with E-state index < -0.39 is 0 Å². The molecule has 0 spiro atoms. The Labute approximate surface area is 366 Å². The molecular formula is C60H48N2. The topological polar surface area (TPSA) is 6.48 Å². The van der Waals surface area contributed by atoms with Crippen molar-refractivity contribution >= 4 is 34.1 Å². The molecule has 0 saturated carbocycles. The van der Waals surface area contributed by atoms with Gasteiger partial charge in [0.2, 0.25) is 0 Å². The first-order valence-electron chi connectivity index (χ1n) is 21.8. The van der Waals surface area contributed by atoms with Gasteiger partial charge >= 0.3 is 0 Å². The van der Waals surface area contributed by atoms with Gasteiger partial charge in [0.05, 0.1) is 0 Å². The number of para-hydroxylation sites is 2. The SMILES string of the molecule is CC1(C)c2ccccc2-c2ccc(N(c3ccccc3)c3ccc(-c4cccc(-c5ccc(N(c6ccccc6)c6ccc7c(c6)C(C)(C)c6ccccc6-7)cc5)c4)cc3)cc21. The average molecular weight is 797 g/mol. The molecule has 2 nitrogen and oxygen atoms in total. The van der Waals surface area contributed by atoms with Crippen LogP contribution in [-0.4, -0.2) is 0 Å². The lowest BCUT2D eigenvalue weighted by Gasteiger charge is -2.28. The molecule has 0 N–H and O–H groups in total. The van der Waals surface area contributed by atoms with Crippen LogP contribution < -0.4 is 9.80 Å². The normalized spacial score (nSPS) is 13.7. The highest BCUT2D eigenvalue weighted by Gasteiger charge is 2.37. The molecule has 11 rings (SSSR count). The number of nitrogens with zero attached hydrogens (tertiary/aromatic N) is 2. The van der Waals surface area contributed by atoms with Crippen LogP contribution in [0.15, 0.2) is 218 Å². The Bertz CT molecular complexity index is 2900. The Balaban J connectivity index is 0.896. The van der Waals surface area contributed by atoms with Crippen LogP contribution in [0.5, 0.6) is 0 Å². The maximum atomic E-state index is 2.40. The Morgan fingerprint density at radius 3 is 1.00 bits per heavy atom. The Hall–Kier alpha value is -7.42. The summed E-state index contributed by atoms with van der Waals surface area (Å²) in [5.74, 6) is 0. The fourth-order valence-electron chi connectivity index (χ4n) is 10.2. The summed E-state index contributed by atoms with van der Waals surface area (Å²) < 4.78 is 0. The van der Waals surface area contributed by atoms with Crippen molar-refractivity contribution < 1.29 is 0 Å². The standard InChI is InChI=1S/C60H48N2/c1-59(2)55-24-13-11-22-51(55)53-36-34-49(39-57(53)59)61(45-18-7-5-8-19-45)47-30-26-41(27-31-47)43-16-15-17-44(38-43)42-28-32-48(33-29-42)62(46-20-9-6-10-21-46)50-35-37-54-52-23-12-14-25-56(52)60(3,4)58(54)40-50/h5-40H,1-4H3. The van der Waals surface area contributed by atoms with Crippen molar-refractivity contribution in [3.63, 3.8) is 0 Å². The van der Waals surface area contributed by atoms with E-state index in [9.17, 15) is 0 Å². The summed E-state index contributed by atoms with van der Waals surface area (Å²) in [4.78, 5) is 4.75. The van der Waals surface area contributed by atoms with E-state index in [4.69, 9.17) is 0 Å². The predicted octanol–water partition coefficient (Wildman–Crippen LogP) is 16.6. The van der Waals surface area contributed by atoms with Crippen molar-refractivity contribution in [2.24, 2.45) is 0 Å². The van der Waals surface area contributed by atoms with Crippen molar-refractivity contribution in [1.29, 1.82) is 0 Å². The van der Waals surface area contributed by atoms with Crippen molar-refractivity contribution in [3.8, 4) is 44.5 Å². The first-order chi connectivity index (χ1) is 30.3. The summed E-state index contributed by atoms with van der Waals surface area (Å²) in [5, 5.41) is 0. The Morgan fingerprint density at radius 1 is 0.242 bits per heavy atom. The lowest BCUT2D eigenvalue weighted by Crippen LogP contribution is -2.16. The van der Waals surface area contributed by atoms with Gasteiger partial charge in [-0.1, -0.05) is 167 Å². The quantitative estimate of drug-likeness (QED) is 0.151. The minimum atomic E-state index is -0.0755. The minimum absolute atomic E-state index is 0.0755. The number of fused-ring (bicyclic) bond motifs is 6. The third-order valence-electron chi connectivity index (χ3n) is 13.5. The van der Waals surface area contributed by atoms with Crippen LogP contribution in [0, 0.1) is 0 Å². The van der Waals surface area contributed by atoms with Crippen LogP contribution in [0.25, 0.3) is 44.5 Å². The van der Waals surface area contributed by atoms with E-state index in [2.05, 4.69) is 256 Å². The largest absolute Gasteiger partial charge is 0.310 e. The van der Waals surface area contributed by atoms with Gasteiger partial charge in [0.1, 0.15) is 0 Å². The summed E-state index contributed by atoms with van der Waals surface area (Å²) in [6.45, 7) is 9.39. The molecule has 298 valence electrons. The molecule has 9 aromatic rings. The highest BCUT2D eigenvalue weighted by Crippen LogP contribution is 2.52. The number of hydrogen-bond acceptors (Lipinski definition) is 2. The zero-order valence-corrected chi connectivity index (χ0v) is 35.7. The Kier molecular flexibility index (Phi) is 8.87. The molecule has 0 aliphatic heterocycles. The average Bonchev–Trinajstić information content (AvgIpc) is 3.69. The van der Waals surface area contributed by atoms with E-state index in [1.165, 1.54) is 66.8 Å². The molecule has 0 amide bonds. The monoisotopic (exact) mass is 796 g/mol. The fraction of sp³-hybridized carbons (Fsp3) is 0.100. The number of hydrogen-bond donors (Lipinski definition) is 0. The van der Waals surface area contributed by atoms with E-state index >= 15 is 0 Å². The summed E-state index contributed by atoms with van der Waals surface area (Å²) in [7, 11) is 0. The van der Waals surface area contributed by atoms with Crippen LogP contribution >= 0.6 is 0 Å². The maximum Gasteiger partial charge on any atom is 0.0465 e. The molecule has 0 unspecified atom stereocenters. The maximum absolute atomic E-state index is 2.40. The molecule has 0 aromatic heterocycles. The van der Waals surface area contributed by atoms with Crippen LogP contribution in [-0.2, 0) is 10.8 Å². The van der Waals surface area contributed by atoms with Gasteiger partial charge in [0.25, 0.3) is 0 Å². The third kappa shape index (κ3) is 6.17. The predicted molar refractivity (Wildman–Crippen MR) is 262 cm³/mol. The van der Waals surface area contributed by atoms with E-state index in [-0.39, 0.29) is 10.8 Å². The third-order valence-corrected chi connectivity index (χ3v) is 13.5. The van der Waals surface area contributed by atoms with Gasteiger partial charge in [0, 0.05) is 45.0 Å². The van der Waals surface area contributed by atoms with Crippen molar-refractivity contribution in [3.05, 3.63) is 241 Å². The molecule has 0 bridgehead atoms. The molecule has 62 heavy (non-hydrogen) atoms. The summed E-state index contributed by atoms with van der Waals surface area (Å²) in [6.07, 6.45) is 0. The zero-order chi connectivity index (χ0) is 42.0. The minimum Gasteiger partial charge on any atom is -0.310 e. The van der Waals surface area contributed by atoms with E-state index in [1.54, 1.807) is 0 Å². The molecule has 0 atom stereocenters. The number of rotatable bonds is 8. The van der Waals surface area contributed by atoms with Crippen molar-refractivity contribution in [2.75, 3.05) is 9.80 Å². The Morgan fingerprint density at radius 2 is 0.581 bits per heavy atom. The second-order valence-corrected chi connectivity index (χ2v) is 17.8. The molecule has 2 aliphatic carbocycles. The summed E-state index contributed by atoms with van der Waals surface area (Å²) >= 11 is 0. The fourth-order valence-corrected chi connectivity index (χ4v) is 10.2. The van der Waals surface area contributed by atoms with Gasteiger partial charge in [-0.3, -0.25) is 0 Å². The second kappa shape index (κ2) is 14.6. The van der Waals surface area contributed by atoms with Gasteiger partial charge in [-0.2, -0.15) is 0 Å². The summed E-state index contributed by atoms with van der Waals surface area (Å²) in [5.41, 5.74) is 22.3. The van der Waals surface area contributed by atoms with Gasteiger partial charge in [0.15, 0.2) is 0 Å². The highest BCUT2D eigenvalue weighted by atomic mass is 15.1. The summed E-state index contributed by atoms with van der Waals surface area (Å²) in [6, 6.07) is 80.1. The van der Waals surface area contributed by atoms with E-state index in [0.717, 1.165) is 34.1 Å². The van der Waals surface area contributed by atoms with E-state index in [0.29, 0.717) is 0 Å². The van der Waals surface area contributed by atoms with Gasteiger partial charge in [-0.25, -0.2) is 0 Å². The van der Waals surface area contributed by atoms with Gasteiger partial charge < -0.3 is 9.80 Å². The number of benzene rings is 9. The lowest BCUT2D eigenvalue weighted by atomic mass is 9.82.